The predicted octanol–water partition coefficient (Wildman–Crippen LogP) is 6.74. The van der Waals surface area contributed by atoms with Crippen LogP contribution in [-0.4, -0.2) is 38.4 Å². The number of ether oxygens (including phenoxy) is 3. The van der Waals surface area contributed by atoms with Gasteiger partial charge in [0.2, 0.25) is 0 Å². The van der Waals surface area contributed by atoms with E-state index in [9.17, 15) is 9.18 Å². The lowest BCUT2D eigenvalue weighted by molar-refractivity contribution is 0.0970. The second kappa shape index (κ2) is 10.5. The maximum Gasteiger partial charge on any atom is 0.191 e. The third-order valence-electron chi connectivity index (χ3n) is 5.67. The number of thioether (sulfide) groups is 1. The zero-order valence-corrected chi connectivity index (χ0v) is 21.1. The predicted molar refractivity (Wildman–Crippen MR) is 138 cm³/mol. The largest absolute Gasteiger partial charge is 0.497 e. The summed E-state index contributed by atoms with van der Waals surface area (Å²) in [4.78, 5) is 18.0. The molecular weight excluding hydrogens is 491 g/mol. The monoisotopic (exact) mass is 514 g/mol. The van der Waals surface area contributed by atoms with Crippen molar-refractivity contribution in [2.75, 3.05) is 32.9 Å². The number of benzene rings is 3. The van der Waals surface area contributed by atoms with Gasteiger partial charge in [0.25, 0.3) is 0 Å². The van der Waals surface area contributed by atoms with E-state index in [4.69, 9.17) is 25.8 Å². The van der Waals surface area contributed by atoms with E-state index in [0.717, 1.165) is 4.90 Å². The van der Waals surface area contributed by atoms with Crippen LogP contribution in [0.5, 0.6) is 17.2 Å². The quantitative estimate of drug-likeness (QED) is 0.190. The van der Waals surface area contributed by atoms with Gasteiger partial charge in [-0.2, -0.15) is 0 Å². The number of methoxy groups -OCH3 is 3. The van der Waals surface area contributed by atoms with Gasteiger partial charge in [0.1, 0.15) is 34.1 Å². The first-order valence-corrected chi connectivity index (χ1v) is 12.2. The van der Waals surface area contributed by atoms with Gasteiger partial charge in [-0.15, -0.1) is 11.8 Å². The van der Waals surface area contributed by atoms with E-state index >= 15 is 0 Å². The smallest absolute Gasteiger partial charge is 0.191 e. The van der Waals surface area contributed by atoms with Crippen LogP contribution in [0, 0.1) is 5.82 Å². The Morgan fingerprint density at radius 1 is 1.03 bits per heavy atom. The van der Waals surface area contributed by atoms with Crippen LogP contribution in [-0.2, 0) is 0 Å². The van der Waals surface area contributed by atoms with Crippen LogP contribution in [0.2, 0.25) is 5.02 Å². The molecule has 1 aromatic heterocycles. The summed E-state index contributed by atoms with van der Waals surface area (Å²) in [5.74, 6) is 0.673. The Hall–Kier alpha value is -3.36. The molecule has 0 aliphatic heterocycles. The Balaban J connectivity index is 1.85. The van der Waals surface area contributed by atoms with Gasteiger partial charge >= 0.3 is 0 Å². The summed E-state index contributed by atoms with van der Waals surface area (Å²) in [5.41, 5.74) is 2.16. The van der Waals surface area contributed by atoms with E-state index in [-0.39, 0.29) is 11.5 Å². The van der Waals surface area contributed by atoms with Crippen LogP contribution in [0.25, 0.3) is 10.9 Å². The molecule has 0 amide bonds. The standard InChI is InChI=1S/C26H24ClFN2O4S/c1-32-16-10-15(11-17(12-16)35-4)30-25(19-6-5-14(28)9-22(19)34-3)26(31)20-13-29-24-18(20)7-8-21(33-2)23(24)27/h5-13,25,29-30H,1-4H3. The number of halogens is 2. The maximum atomic E-state index is 14.0. The third-order valence-corrected chi connectivity index (χ3v) is 6.76. The molecular formula is C26H24ClFN2O4S. The molecule has 4 rings (SSSR count). The molecule has 0 spiro atoms. The minimum Gasteiger partial charge on any atom is -0.497 e. The van der Waals surface area contributed by atoms with Gasteiger partial charge in [-0.25, -0.2) is 4.39 Å². The number of anilines is 1. The zero-order chi connectivity index (χ0) is 25.1. The lowest BCUT2D eigenvalue weighted by Crippen LogP contribution is -2.22. The number of nitrogens with one attached hydrogen (secondary N) is 2. The number of hydrogen-bond donors (Lipinski definition) is 2. The number of aromatic nitrogens is 1. The molecule has 182 valence electrons. The molecule has 0 bridgehead atoms. The van der Waals surface area contributed by atoms with E-state index in [0.29, 0.717) is 44.2 Å². The van der Waals surface area contributed by atoms with Crippen molar-refractivity contribution in [3.8, 4) is 17.2 Å². The Kier molecular flexibility index (Phi) is 7.42. The van der Waals surface area contributed by atoms with Gasteiger partial charge in [-0.3, -0.25) is 4.79 Å². The number of ketones is 1. The number of Topliss-reactive ketones (excluding diaryl/α,β-unsaturated/α-hetero) is 1. The van der Waals surface area contributed by atoms with Crippen molar-refractivity contribution in [2.45, 2.75) is 10.9 Å². The molecule has 0 aliphatic rings. The van der Waals surface area contributed by atoms with Gasteiger partial charge in [-0.05, 0) is 42.7 Å². The highest BCUT2D eigenvalue weighted by Gasteiger charge is 2.28. The fraction of sp³-hybridized carbons (Fsp3) is 0.192. The average Bonchev–Trinajstić information content (AvgIpc) is 3.32. The molecule has 9 heteroatoms. The van der Waals surface area contributed by atoms with E-state index < -0.39 is 11.9 Å². The molecule has 1 heterocycles. The van der Waals surface area contributed by atoms with Crippen LogP contribution in [0.1, 0.15) is 22.0 Å². The number of carbonyl (C=O) groups is 1. The molecule has 0 aliphatic carbocycles. The van der Waals surface area contributed by atoms with Crippen molar-refractivity contribution < 1.29 is 23.4 Å². The topological polar surface area (TPSA) is 72.6 Å². The van der Waals surface area contributed by atoms with Crippen molar-refractivity contribution in [1.29, 1.82) is 0 Å². The third kappa shape index (κ3) is 4.90. The van der Waals surface area contributed by atoms with E-state index in [1.807, 2.05) is 18.4 Å². The maximum absolute atomic E-state index is 14.0. The van der Waals surface area contributed by atoms with Crippen LogP contribution in [0.3, 0.4) is 0 Å². The Labute approximate surface area is 211 Å². The van der Waals surface area contributed by atoms with Crippen molar-refractivity contribution in [2.24, 2.45) is 0 Å². The molecule has 2 N–H and O–H groups in total. The zero-order valence-electron chi connectivity index (χ0n) is 19.6. The molecule has 0 fully saturated rings. The highest BCUT2D eigenvalue weighted by atomic mass is 35.5. The fourth-order valence-electron chi connectivity index (χ4n) is 3.93. The average molecular weight is 515 g/mol. The molecule has 0 radical (unpaired) electrons. The minimum absolute atomic E-state index is 0.253. The number of fused-ring (bicyclic) bond motifs is 1. The summed E-state index contributed by atoms with van der Waals surface area (Å²) in [6.07, 6.45) is 3.57. The highest BCUT2D eigenvalue weighted by molar-refractivity contribution is 7.98. The Morgan fingerprint density at radius 2 is 1.80 bits per heavy atom. The summed E-state index contributed by atoms with van der Waals surface area (Å²) in [7, 11) is 4.55. The first-order valence-electron chi connectivity index (χ1n) is 10.6. The molecule has 3 aromatic carbocycles. The van der Waals surface area contributed by atoms with Gasteiger partial charge in [0.05, 0.1) is 26.8 Å². The van der Waals surface area contributed by atoms with E-state index in [1.165, 1.54) is 26.4 Å². The first-order chi connectivity index (χ1) is 16.9. The summed E-state index contributed by atoms with van der Waals surface area (Å²) < 4.78 is 30.1. The van der Waals surface area contributed by atoms with Crippen molar-refractivity contribution in [3.05, 3.63) is 76.7 Å². The van der Waals surface area contributed by atoms with Gasteiger partial charge < -0.3 is 24.5 Å². The van der Waals surface area contributed by atoms with Crippen LogP contribution < -0.4 is 19.5 Å². The first kappa shape index (κ1) is 24.8. The summed E-state index contributed by atoms with van der Waals surface area (Å²) in [5, 5.41) is 4.33. The van der Waals surface area contributed by atoms with Crippen LogP contribution >= 0.6 is 23.4 Å². The summed E-state index contributed by atoms with van der Waals surface area (Å²) >= 11 is 8.00. The van der Waals surface area contributed by atoms with Crippen molar-refractivity contribution in [3.63, 3.8) is 0 Å². The number of hydrogen-bond acceptors (Lipinski definition) is 6. The Bertz CT molecular complexity index is 1370. The minimum atomic E-state index is -0.896. The van der Waals surface area contributed by atoms with Crippen LogP contribution in [0.4, 0.5) is 10.1 Å². The molecule has 4 aromatic rings. The number of H-pyrrole nitrogens is 1. The normalized spacial score (nSPS) is 11.8. The Morgan fingerprint density at radius 3 is 2.49 bits per heavy atom. The molecule has 35 heavy (non-hydrogen) atoms. The molecule has 6 nitrogen and oxygen atoms in total. The molecule has 1 atom stereocenters. The van der Waals surface area contributed by atoms with Crippen molar-refractivity contribution >= 4 is 45.7 Å². The van der Waals surface area contributed by atoms with Gasteiger partial charge in [0, 0.05) is 45.4 Å². The highest BCUT2D eigenvalue weighted by Crippen LogP contribution is 2.38. The van der Waals surface area contributed by atoms with Crippen LogP contribution in [0.15, 0.2) is 59.6 Å². The molecule has 1 unspecified atom stereocenters. The lowest BCUT2D eigenvalue weighted by Gasteiger charge is -2.22. The van der Waals surface area contributed by atoms with Gasteiger partial charge in [0.15, 0.2) is 5.78 Å². The summed E-state index contributed by atoms with van der Waals surface area (Å²) in [6, 6.07) is 12.3. The number of rotatable bonds is 9. The molecule has 0 saturated carbocycles. The van der Waals surface area contributed by atoms with E-state index in [2.05, 4.69) is 10.3 Å². The van der Waals surface area contributed by atoms with Crippen molar-refractivity contribution in [1.82, 2.24) is 4.98 Å². The van der Waals surface area contributed by atoms with E-state index in [1.54, 1.807) is 49.3 Å². The fourth-order valence-corrected chi connectivity index (χ4v) is 4.70. The number of aromatic amines is 1. The van der Waals surface area contributed by atoms with Gasteiger partial charge in [-0.1, -0.05) is 11.6 Å². The second-order valence-corrected chi connectivity index (χ2v) is 8.89. The summed E-state index contributed by atoms with van der Waals surface area (Å²) in [6.45, 7) is 0. The SMILES string of the molecule is COc1cc(NC(C(=O)c2c[nH]c3c(Cl)c(OC)ccc23)c2ccc(F)cc2OC)cc(SC)c1. The molecule has 0 saturated heterocycles. The lowest BCUT2D eigenvalue weighted by atomic mass is 9.95. The number of carbonyl (C=O) groups excluding carboxylic acids is 1. The second-order valence-electron chi connectivity index (χ2n) is 7.64.